The number of fused-ring (bicyclic) bond motifs is 2. The van der Waals surface area contributed by atoms with E-state index >= 15 is 0 Å². The summed E-state index contributed by atoms with van der Waals surface area (Å²) >= 11 is 7.72. The summed E-state index contributed by atoms with van der Waals surface area (Å²) < 4.78 is 0. The molecule has 5 rings (SSSR count). The van der Waals surface area contributed by atoms with Gasteiger partial charge in [0.2, 0.25) is 0 Å². The monoisotopic (exact) mass is 780 g/mol. The Morgan fingerprint density at radius 2 is 0.692 bits per heavy atom. The van der Waals surface area contributed by atoms with E-state index in [9.17, 15) is 0 Å². The molecule has 3 heterocycles. The van der Waals surface area contributed by atoms with Crippen molar-refractivity contribution in [2.45, 2.75) is 205 Å². The second-order valence-corrected chi connectivity index (χ2v) is 23.0. The van der Waals surface area contributed by atoms with Crippen molar-refractivity contribution in [1.82, 2.24) is 0 Å². The van der Waals surface area contributed by atoms with E-state index in [0.717, 1.165) is 6.42 Å². The van der Waals surface area contributed by atoms with Crippen molar-refractivity contribution >= 4 is 46.2 Å². The van der Waals surface area contributed by atoms with Gasteiger partial charge in [0, 0.05) is 39.1 Å². The summed E-state index contributed by atoms with van der Waals surface area (Å²) in [6.07, 6.45) is 1.16. The van der Waals surface area contributed by atoms with Gasteiger partial charge in [-0.25, -0.2) is 0 Å². The average Bonchev–Trinajstić information content (AvgIpc) is 3.60. The SMILES string of the molecule is CC.CC.CCc1sc(C)c(C(C)(C)C)c1C(C)(C)C.Cc1sc(C(C)(C)C)c(C(C)(C)C)c1C(C)(C)C.c1ccc2c(c1)Sc1ccccc1S2. The van der Waals surface area contributed by atoms with Gasteiger partial charge in [0.1, 0.15) is 0 Å². The summed E-state index contributed by atoms with van der Waals surface area (Å²) in [5.74, 6) is 0. The fourth-order valence-electron chi connectivity index (χ4n) is 6.71. The summed E-state index contributed by atoms with van der Waals surface area (Å²) in [5, 5.41) is 0. The van der Waals surface area contributed by atoms with E-state index in [1.54, 1.807) is 32.0 Å². The van der Waals surface area contributed by atoms with Crippen LogP contribution in [0, 0.1) is 13.8 Å². The zero-order valence-corrected chi connectivity index (χ0v) is 40.7. The summed E-state index contributed by atoms with van der Waals surface area (Å²) in [6, 6.07) is 17.1. The van der Waals surface area contributed by atoms with Gasteiger partial charge in [-0.3, -0.25) is 0 Å². The van der Waals surface area contributed by atoms with E-state index < -0.39 is 0 Å². The molecule has 52 heavy (non-hydrogen) atoms. The highest BCUT2D eigenvalue weighted by Gasteiger charge is 2.35. The Kier molecular flexibility index (Phi) is 18.1. The fraction of sp³-hybridized carbons (Fsp3) is 0.583. The molecule has 2 aromatic heterocycles. The van der Waals surface area contributed by atoms with Gasteiger partial charge in [-0.05, 0) is 93.9 Å². The number of hydrogen-bond donors (Lipinski definition) is 0. The summed E-state index contributed by atoms with van der Waals surface area (Å²) in [5.41, 5.74) is 7.56. The first-order chi connectivity index (χ1) is 23.8. The van der Waals surface area contributed by atoms with Crippen molar-refractivity contribution in [1.29, 1.82) is 0 Å². The largest absolute Gasteiger partial charge is 0.145 e. The van der Waals surface area contributed by atoms with Gasteiger partial charge in [-0.2, -0.15) is 0 Å². The van der Waals surface area contributed by atoms with Crippen LogP contribution in [0.15, 0.2) is 68.1 Å². The maximum absolute atomic E-state index is 2.35. The quantitative estimate of drug-likeness (QED) is 0.166. The van der Waals surface area contributed by atoms with Crippen LogP contribution in [0.2, 0.25) is 0 Å². The van der Waals surface area contributed by atoms with E-state index in [2.05, 4.69) is 173 Å². The lowest BCUT2D eigenvalue weighted by molar-refractivity contribution is 0.507. The molecule has 4 aromatic rings. The molecule has 0 fully saturated rings. The Bertz CT molecular complexity index is 1590. The highest BCUT2D eigenvalue weighted by Crippen LogP contribution is 2.49. The molecule has 0 spiro atoms. The Hall–Kier alpha value is -1.46. The van der Waals surface area contributed by atoms with Crippen LogP contribution in [-0.4, -0.2) is 0 Å². The van der Waals surface area contributed by atoms with Crippen LogP contribution >= 0.6 is 46.2 Å². The van der Waals surface area contributed by atoms with E-state index in [1.807, 2.05) is 73.9 Å². The van der Waals surface area contributed by atoms with E-state index in [0.29, 0.717) is 0 Å². The van der Waals surface area contributed by atoms with E-state index in [4.69, 9.17) is 0 Å². The molecule has 0 unspecified atom stereocenters. The number of hydrogen-bond acceptors (Lipinski definition) is 4. The molecule has 0 radical (unpaired) electrons. The molecule has 0 saturated heterocycles. The van der Waals surface area contributed by atoms with Gasteiger partial charge in [-0.1, -0.05) is 186 Å². The normalized spacial score (nSPS) is 12.7. The van der Waals surface area contributed by atoms with Crippen LogP contribution in [0.5, 0.6) is 0 Å². The minimum absolute atomic E-state index is 0.218. The Morgan fingerprint density at radius 3 is 0.962 bits per heavy atom. The first-order valence-electron chi connectivity index (χ1n) is 19.6. The molecular weight excluding hydrogens is 705 g/mol. The van der Waals surface area contributed by atoms with Crippen LogP contribution < -0.4 is 0 Å². The Balaban J connectivity index is 0.000000373. The standard InChI is InChI=1S/C17H30S.C15H26S.C12H8S2.2C2H6/c1-11-12(15(2,3)4)13(16(5,6)7)14(18-11)17(8,9)10;1-9-11-13(15(6,7)8)12(10(2)16-11)14(3,4)5;1-2-6-10-9(5-1)13-11-7-3-4-8-12(11)14-10;2*1-2/h1-10H3;9H2,1-8H3;1-8H;2*1-2H3. The van der Waals surface area contributed by atoms with Crippen LogP contribution in [0.3, 0.4) is 0 Å². The Labute approximate surface area is 339 Å². The highest BCUT2D eigenvalue weighted by atomic mass is 32.2. The number of rotatable bonds is 1. The maximum Gasteiger partial charge on any atom is 0.0262 e. The maximum atomic E-state index is 2.35. The van der Waals surface area contributed by atoms with Crippen LogP contribution in [0.25, 0.3) is 0 Å². The van der Waals surface area contributed by atoms with Gasteiger partial charge in [-0.15, -0.1) is 22.7 Å². The van der Waals surface area contributed by atoms with E-state index in [-0.39, 0.29) is 27.1 Å². The van der Waals surface area contributed by atoms with Crippen LogP contribution in [0.1, 0.15) is 180 Å². The number of aryl methyl sites for hydroxylation is 3. The zero-order valence-electron chi connectivity index (χ0n) is 37.5. The van der Waals surface area contributed by atoms with E-state index in [1.165, 1.54) is 29.3 Å². The average molecular weight is 781 g/mol. The smallest absolute Gasteiger partial charge is 0.0262 e. The minimum Gasteiger partial charge on any atom is -0.145 e. The first kappa shape index (κ1) is 48.6. The Morgan fingerprint density at radius 1 is 0.404 bits per heavy atom. The molecule has 4 heteroatoms. The van der Waals surface area contributed by atoms with Crippen molar-refractivity contribution in [2.24, 2.45) is 0 Å². The molecule has 0 saturated carbocycles. The first-order valence-corrected chi connectivity index (χ1v) is 22.9. The third-order valence-corrected chi connectivity index (χ3v) is 13.7. The second kappa shape index (κ2) is 19.4. The lowest BCUT2D eigenvalue weighted by Crippen LogP contribution is -2.25. The third kappa shape index (κ3) is 12.8. The molecule has 0 bridgehead atoms. The summed E-state index contributed by atoms with van der Waals surface area (Å²) in [7, 11) is 0. The molecule has 1 aliphatic rings. The van der Waals surface area contributed by atoms with Gasteiger partial charge >= 0.3 is 0 Å². The molecule has 0 atom stereocenters. The van der Waals surface area contributed by atoms with Crippen molar-refractivity contribution in [3.05, 3.63) is 90.3 Å². The lowest BCUT2D eigenvalue weighted by atomic mass is 9.72. The second-order valence-electron chi connectivity index (χ2n) is 18.3. The summed E-state index contributed by atoms with van der Waals surface area (Å²) in [4.78, 5) is 11.6. The topological polar surface area (TPSA) is 0 Å². The van der Waals surface area contributed by atoms with Crippen LogP contribution in [0.4, 0.5) is 0 Å². The summed E-state index contributed by atoms with van der Waals surface area (Å²) in [6.45, 7) is 49.9. The molecule has 2 aromatic carbocycles. The predicted octanol–water partition coefficient (Wildman–Crippen LogP) is 17.5. The van der Waals surface area contributed by atoms with Gasteiger partial charge in [0.05, 0.1) is 0 Å². The fourth-order valence-corrected chi connectivity index (χ4v) is 12.1. The third-order valence-electron chi connectivity index (χ3n) is 8.38. The van der Waals surface area contributed by atoms with Gasteiger partial charge in [0.15, 0.2) is 0 Å². The molecule has 1 aliphatic heterocycles. The molecule has 0 aliphatic carbocycles. The van der Waals surface area contributed by atoms with Crippen molar-refractivity contribution in [3.8, 4) is 0 Å². The number of thiophene rings is 2. The zero-order chi connectivity index (χ0) is 40.6. The number of benzene rings is 2. The van der Waals surface area contributed by atoms with Crippen molar-refractivity contribution < 1.29 is 0 Å². The molecule has 0 N–H and O–H groups in total. The van der Waals surface area contributed by atoms with Crippen LogP contribution in [-0.2, 0) is 33.5 Å². The highest BCUT2D eigenvalue weighted by molar-refractivity contribution is 8.05. The molecule has 0 amide bonds. The lowest BCUT2D eigenvalue weighted by Gasteiger charge is -2.31. The van der Waals surface area contributed by atoms with Gasteiger partial charge in [0.25, 0.3) is 0 Å². The predicted molar refractivity (Wildman–Crippen MR) is 245 cm³/mol. The molecule has 0 nitrogen and oxygen atoms in total. The molecular formula is C48H76S4. The van der Waals surface area contributed by atoms with Crippen molar-refractivity contribution in [2.75, 3.05) is 0 Å². The minimum atomic E-state index is 0.218. The van der Waals surface area contributed by atoms with Crippen molar-refractivity contribution in [3.63, 3.8) is 0 Å². The molecule has 292 valence electrons. The van der Waals surface area contributed by atoms with Gasteiger partial charge < -0.3 is 0 Å².